The monoisotopic (exact) mass is 245 g/mol. The molecule has 0 bridgehead atoms. The Morgan fingerprint density at radius 2 is 1.78 bits per heavy atom. The summed E-state index contributed by atoms with van der Waals surface area (Å²) in [6, 6.07) is 2.24. The molecule has 0 radical (unpaired) electrons. The Morgan fingerprint density at radius 3 is 2.67 bits per heavy atom. The van der Waals surface area contributed by atoms with Crippen LogP contribution in [-0.4, -0.2) is 4.98 Å². The third-order valence-electron chi connectivity index (χ3n) is 4.13. The predicted molar refractivity (Wildman–Crippen MR) is 78.0 cm³/mol. The molecule has 100 valence electrons. The molecule has 18 heavy (non-hydrogen) atoms. The summed E-state index contributed by atoms with van der Waals surface area (Å²) in [6.07, 6.45) is 16.8. The minimum absolute atomic E-state index is 1.20. The van der Waals surface area contributed by atoms with E-state index in [-0.39, 0.29) is 0 Å². The predicted octanol–water partition coefficient (Wildman–Crippen LogP) is 4.86. The van der Waals surface area contributed by atoms with Crippen LogP contribution in [-0.2, 0) is 19.3 Å². The van der Waals surface area contributed by atoms with Crippen molar-refractivity contribution in [1.82, 2.24) is 4.98 Å². The van der Waals surface area contributed by atoms with E-state index in [2.05, 4.69) is 18.0 Å². The van der Waals surface area contributed by atoms with E-state index in [1.54, 1.807) is 11.1 Å². The first-order chi connectivity index (χ1) is 8.92. The molecule has 1 aliphatic carbocycles. The standard InChI is InChI=1S/C17H27N/c1-2-3-4-5-6-7-12-17-16-11-9-8-10-15(16)13-14-18-17/h13-14H,2-12H2,1H3. The second-order valence-corrected chi connectivity index (χ2v) is 5.62. The van der Waals surface area contributed by atoms with E-state index in [0.717, 1.165) is 0 Å². The average molecular weight is 245 g/mol. The maximum atomic E-state index is 4.63. The zero-order chi connectivity index (χ0) is 12.6. The Hall–Kier alpha value is -0.850. The third kappa shape index (κ3) is 3.83. The molecule has 0 spiro atoms. The molecule has 1 heteroatoms. The maximum Gasteiger partial charge on any atom is 0.0438 e. The number of hydrogen-bond donors (Lipinski definition) is 0. The first-order valence-electron chi connectivity index (χ1n) is 7.87. The van der Waals surface area contributed by atoms with Gasteiger partial charge in [0, 0.05) is 11.9 Å². The topological polar surface area (TPSA) is 12.9 Å². The Balaban J connectivity index is 1.79. The highest BCUT2D eigenvalue weighted by Gasteiger charge is 2.13. The van der Waals surface area contributed by atoms with Crippen molar-refractivity contribution < 1.29 is 0 Å². The van der Waals surface area contributed by atoms with Gasteiger partial charge < -0.3 is 0 Å². The van der Waals surface area contributed by atoms with Crippen molar-refractivity contribution in [1.29, 1.82) is 0 Å². The third-order valence-corrected chi connectivity index (χ3v) is 4.13. The first kappa shape index (κ1) is 13.6. The van der Waals surface area contributed by atoms with Crippen molar-refractivity contribution in [2.24, 2.45) is 0 Å². The molecule has 1 aromatic rings. The molecule has 0 saturated heterocycles. The molecule has 0 aromatic carbocycles. The fourth-order valence-electron chi connectivity index (χ4n) is 3.03. The number of nitrogens with zero attached hydrogens (tertiary/aromatic N) is 1. The molecule has 1 heterocycles. The molecule has 1 nitrogen and oxygen atoms in total. The van der Waals surface area contributed by atoms with Gasteiger partial charge in [0.2, 0.25) is 0 Å². The molecule has 0 unspecified atom stereocenters. The molecule has 1 aromatic heterocycles. The quantitative estimate of drug-likeness (QED) is 0.625. The van der Waals surface area contributed by atoms with Crippen LogP contribution in [0.2, 0.25) is 0 Å². The Morgan fingerprint density at radius 1 is 1.00 bits per heavy atom. The van der Waals surface area contributed by atoms with Crippen molar-refractivity contribution in [3.8, 4) is 0 Å². The van der Waals surface area contributed by atoms with Crippen LogP contribution in [0.1, 0.15) is 75.1 Å². The van der Waals surface area contributed by atoms with Gasteiger partial charge in [-0.1, -0.05) is 39.0 Å². The van der Waals surface area contributed by atoms with Gasteiger partial charge in [-0.2, -0.15) is 0 Å². The van der Waals surface area contributed by atoms with E-state index in [1.807, 2.05) is 6.20 Å². The van der Waals surface area contributed by atoms with Gasteiger partial charge in [-0.15, -0.1) is 0 Å². The van der Waals surface area contributed by atoms with Crippen LogP contribution in [0.4, 0.5) is 0 Å². The smallest absolute Gasteiger partial charge is 0.0438 e. The number of hydrogen-bond acceptors (Lipinski definition) is 1. The van der Waals surface area contributed by atoms with Crippen LogP contribution in [0.3, 0.4) is 0 Å². The van der Waals surface area contributed by atoms with Crippen molar-refractivity contribution >= 4 is 0 Å². The average Bonchev–Trinajstić information content (AvgIpc) is 2.43. The molecule has 0 atom stereocenters. The molecular formula is C17H27N. The highest BCUT2D eigenvalue weighted by Crippen LogP contribution is 2.24. The van der Waals surface area contributed by atoms with Gasteiger partial charge in [0.05, 0.1) is 0 Å². The molecule has 2 rings (SSSR count). The van der Waals surface area contributed by atoms with Gasteiger partial charge >= 0.3 is 0 Å². The lowest BCUT2D eigenvalue weighted by Gasteiger charge is -2.18. The van der Waals surface area contributed by atoms with Gasteiger partial charge in [0.1, 0.15) is 0 Å². The first-order valence-corrected chi connectivity index (χ1v) is 7.87. The van der Waals surface area contributed by atoms with E-state index in [1.165, 1.54) is 76.3 Å². The van der Waals surface area contributed by atoms with E-state index in [0.29, 0.717) is 0 Å². The fourth-order valence-corrected chi connectivity index (χ4v) is 3.03. The minimum atomic E-state index is 1.20. The maximum absolute atomic E-state index is 4.63. The fraction of sp³-hybridized carbons (Fsp3) is 0.706. The summed E-state index contributed by atoms with van der Waals surface area (Å²) in [5.74, 6) is 0. The van der Waals surface area contributed by atoms with E-state index < -0.39 is 0 Å². The second kappa shape index (κ2) is 7.56. The van der Waals surface area contributed by atoms with Crippen LogP contribution in [0.25, 0.3) is 0 Å². The van der Waals surface area contributed by atoms with Gasteiger partial charge in [-0.25, -0.2) is 0 Å². The summed E-state index contributed by atoms with van der Waals surface area (Å²) in [5.41, 5.74) is 4.58. The van der Waals surface area contributed by atoms with Crippen LogP contribution in [0, 0.1) is 0 Å². The summed E-state index contributed by atoms with van der Waals surface area (Å²) in [6.45, 7) is 2.28. The SMILES string of the molecule is CCCCCCCCc1nccc2c1CCCC2. The van der Waals surface area contributed by atoms with Gasteiger partial charge in [-0.3, -0.25) is 4.98 Å². The normalized spacial score (nSPS) is 14.5. The van der Waals surface area contributed by atoms with Crippen molar-refractivity contribution in [2.45, 2.75) is 77.6 Å². The molecule has 0 saturated carbocycles. The minimum Gasteiger partial charge on any atom is -0.261 e. The molecule has 0 fully saturated rings. The number of fused-ring (bicyclic) bond motifs is 1. The number of pyridine rings is 1. The van der Waals surface area contributed by atoms with Crippen LogP contribution >= 0.6 is 0 Å². The Bertz CT molecular complexity index is 357. The number of rotatable bonds is 7. The zero-order valence-electron chi connectivity index (χ0n) is 11.9. The molecule has 0 amide bonds. The van der Waals surface area contributed by atoms with Gasteiger partial charge in [0.15, 0.2) is 0 Å². The molecule has 0 aliphatic heterocycles. The summed E-state index contributed by atoms with van der Waals surface area (Å²) in [5, 5.41) is 0. The highest BCUT2D eigenvalue weighted by molar-refractivity contribution is 5.32. The van der Waals surface area contributed by atoms with E-state index >= 15 is 0 Å². The van der Waals surface area contributed by atoms with Gasteiger partial charge in [-0.05, 0) is 55.7 Å². The Kier molecular flexibility index (Phi) is 5.70. The molecular weight excluding hydrogens is 218 g/mol. The van der Waals surface area contributed by atoms with Crippen molar-refractivity contribution in [3.05, 3.63) is 29.1 Å². The number of unbranched alkanes of at least 4 members (excludes halogenated alkanes) is 5. The Labute approximate surface area is 112 Å². The lowest BCUT2D eigenvalue weighted by atomic mass is 9.89. The lowest BCUT2D eigenvalue weighted by molar-refractivity contribution is 0.599. The highest BCUT2D eigenvalue weighted by atomic mass is 14.7. The van der Waals surface area contributed by atoms with Crippen LogP contribution in [0.5, 0.6) is 0 Å². The van der Waals surface area contributed by atoms with Crippen LogP contribution < -0.4 is 0 Å². The molecule has 1 aliphatic rings. The molecule has 0 N–H and O–H groups in total. The van der Waals surface area contributed by atoms with Crippen LogP contribution in [0.15, 0.2) is 12.3 Å². The van der Waals surface area contributed by atoms with E-state index in [4.69, 9.17) is 0 Å². The van der Waals surface area contributed by atoms with Crippen molar-refractivity contribution in [3.63, 3.8) is 0 Å². The van der Waals surface area contributed by atoms with Gasteiger partial charge in [0.25, 0.3) is 0 Å². The lowest BCUT2D eigenvalue weighted by Crippen LogP contribution is -2.08. The largest absolute Gasteiger partial charge is 0.261 e. The zero-order valence-corrected chi connectivity index (χ0v) is 11.9. The number of aryl methyl sites for hydroxylation is 2. The second-order valence-electron chi connectivity index (χ2n) is 5.62. The van der Waals surface area contributed by atoms with Crippen molar-refractivity contribution in [2.75, 3.05) is 0 Å². The van der Waals surface area contributed by atoms with E-state index in [9.17, 15) is 0 Å². The summed E-state index contributed by atoms with van der Waals surface area (Å²) in [7, 11) is 0. The summed E-state index contributed by atoms with van der Waals surface area (Å²) >= 11 is 0. The number of aromatic nitrogens is 1. The summed E-state index contributed by atoms with van der Waals surface area (Å²) in [4.78, 5) is 4.63. The summed E-state index contributed by atoms with van der Waals surface area (Å²) < 4.78 is 0.